The Hall–Kier alpha value is -12.9. The number of fused-ring (bicyclic) bond motifs is 3. The van der Waals surface area contributed by atoms with E-state index in [1.165, 1.54) is 68.6 Å². The molecule has 9 aromatic heterocycles. The molecule has 15 aromatic rings. The molecule has 4 amide bonds. The number of nitrogens with zero attached hydrogens (tertiary/aromatic N) is 14. The molecule has 6 aromatic carbocycles. The third-order valence-electron chi connectivity index (χ3n) is 20.3. The minimum Gasteiger partial charge on any atom is -1.00 e. The van der Waals surface area contributed by atoms with Gasteiger partial charge in [-0.1, -0.05) is 214 Å². The largest absolute Gasteiger partial charge is 1.00 e. The zero-order valence-electron chi connectivity index (χ0n) is 70.2. The summed E-state index contributed by atoms with van der Waals surface area (Å²) in [6, 6.07) is 62.2. The van der Waals surface area contributed by atoms with E-state index in [9.17, 15) is 28.8 Å². The van der Waals surface area contributed by atoms with E-state index in [4.69, 9.17) is 28.9 Å². The lowest BCUT2D eigenvalue weighted by atomic mass is 9.97. The van der Waals surface area contributed by atoms with Crippen LogP contribution in [0, 0.1) is 41.5 Å². The highest BCUT2D eigenvalue weighted by Gasteiger charge is 2.34. The van der Waals surface area contributed by atoms with E-state index in [2.05, 4.69) is 263 Å². The van der Waals surface area contributed by atoms with Crippen molar-refractivity contribution in [2.45, 2.75) is 126 Å². The highest BCUT2D eigenvalue weighted by atomic mass is 79.9. The molecule has 11 heterocycles. The number of amides is 4. The van der Waals surface area contributed by atoms with Crippen LogP contribution in [-0.4, -0.2) is 109 Å². The number of hydrogen-bond donors (Lipinski definition) is 0. The molecular weight excluding hydrogens is 1760 g/mol. The minimum atomic E-state index is -0.570. The maximum absolute atomic E-state index is 12.0. The number of aromatic nitrogens is 12. The number of carbonyl (C=O) groups is 6. The Morgan fingerprint density at radius 3 is 1.07 bits per heavy atom. The van der Waals surface area contributed by atoms with Gasteiger partial charge in [-0.15, -0.1) is 10.1 Å². The summed E-state index contributed by atoms with van der Waals surface area (Å²) in [4.78, 5) is 101. The van der Waals surface area contributed by atoms with Crippen molar-refractivity contribution in [3.8, 4) is 72.9 Å². The van der Waals surface area contributed by atoms with Crippen LogP contribution in [0.25, 0.3) is 125 Å². The first-order valence-corrected chi connectivity index (χ1v) is 43.9. The number of alkyl halides is 1. The molecule has 2 aliphatic rings. The van der Waals surface area contributed by atoms with Crippen LogP contribution in [-0.2, 0) is 51.4 Å². The molecule has 634 valence electrons. The lowest BCUT2D eigenvalue weighted by molar-refractivity contribution is -0.697. The first-order valence-electron chi connectivity index (χ1n) is 40.6. The Morgan fingerprint density at radius 1 is 0.400 bits per heavy atom. The summed E-state index contributed by atoms with van der Waals surface area (Å²) in [6.45, 7) is 15.4. The highest BCUT2D eigenvalue weighted by molar-refractivity contribution is 9.09. The molecule has 0 radical (unpaired) electrons. The molecule has 0 atom stereocenters. The van der Waals surface area contributed by atoms with Crippen LogP contribution in [0.5, 0.6) is 5.75 Å². The summed E-state index contributed by atoms with van der Waals surface area (Å²) in [5.74, 6) is -2.05. The summed E-state index contributed by atoms with van der Waals surface area (Å²) >= 11 is 6.92. The van der Waals surface area contributed by atoms with Crippen LogP contribution in [0.15, 0.2) is 219 Å². The van der Waals surface area contributed by atoms with Crippen molar-refractivity contribution < 1.29 is 64.7 Å². The predicted octanol–water partition coefficient (Wildman–Crippen LogP) is 17.7. The topological polar surface area (TPSA) is 282 Å². The molecule has 2 saturated heterocycles. The highest BCUT2D eigenvalue weighted by Crippen LogP contribution is 2.41. The third-order valence-corrected chi connectivity index (χ3v) is 22.4. The quantitative estimate of drug-likeness (QED) is 0.0249. The number of ether oxygens (including phenoxy) is 1. The number of unbranched alkanes of at least 4 members (excludes halogenated alkanes) is 2. The van der Waals surface area contributed by atoms with E-state index >= 15 is 0 Å². The SMILES string of the molecule is CCc1nc(-c2ccc(C)cc2)c2nsnc2c1-c1ccc(C)cc1.COc1ccncc1.Cc1ccc(-c2nc(/C=C/c3cc[n+](CCCCC(=O)ON4C(=O)CCC4=O)cc3)c(-c3ccc(C)cc3)c3nsnc23)cc1.Cc1ccc(-c2nc(/C=C/c3ccncc3)c(-c3ccc(C)cc3)c3nsnc23)cc1.O=C(CCCCBr)ON1C(=O)CCC1=O.[Br-]. The molecule has 2 aliphatic heterocycles. The van der Waals surface area contributed by atoms with Gasteiger partial charge in [-0.05, 0) is 131 Å². The third kappa shape index (κ3) is 23.9. The van der Waals surface area contributed by atoms with Gasteiger partial charge in [-0.3, -0.25) is 29.1 Å². The fraction of sp³-hybridized carbons (Fsp3) is 0.216. The number of pyridine rings is 6. The maximum atomic E-state index is 12.0. The summed E-state index contributed by atoms with van der Waals surface area (Å²) in [7, 11) is 1.63. The van der Waals surface area contributed by atoms with Gasteiger partial charge in [0.25, 0.3) is 23.6 Å². The second-order valence-corrected chi connectivity index (χ2v) is 31.9. The molecule has 17 rings (SSSR count). The average Bonchev–Trinajstić information content (AvgIpc) is 1.71. The van der Waals surface area contributed by atoms with Crippen molar-refractivity contribution in [3.05, 3.63) is 281 Å². The lowest BCUT2D eigenvalue weighted by Gasteiger charge is -2.12. The zero-order chi connectivity index (χ0) is 87.0. The number of benzene rings is 6. The molecule has 0 saturated carbocycles. The first kappa shape index (κ1) is 91.3. The average molecular weight is 1850 g/mol. The Morgan fingerprint density at radius 2 is 0.720 bits per heavy atom. The van der Waals surface area contributed by atoms with E-state index in [0.29, 0.717) is 29.5 Å². The summed E-state index contributed by atoms with van der Waals surface area (Å²) in [6.07, 6.45) is 23.7. The van der Waals surface area contributed by atoms with Crippen molar-refractivity contribution in [2.75, 3.05) is 12.4 Å². The van der Waals surface area contributed by atoms with E-state index in [1.54, 1.807) is 44.0 Å². The fourth-order valence-corrected chi connectivity index (χ4v) is 15.5. The van der Waals surface area contributed by atoms with Gasteiger partial charge in [0, 0.05) is 121 Å². The van der Waals surface area contributed by atoms with Crippen molar-refractivity contribution >= 4 is 144 Å². The molecule has 0 spiro atoms. The van der Waals surface area contributed by atoms with Gasteiger partial charge < -0.3 is 31.4 Å². The van der Waals surface area contributed by atoms with Crippen LogP contribution in [0.2, 0.25) is 0 Å². The summed E-state index contributed by atoms with van der Waals surface area (Å²) in [5, 5.41) is 2.00. The molecule has 28 heteroatoms. The van der Waals surface area contributed by atoms with Gasteiger partial charge in [0.1, 0.15) is 45.4 Å². The Bertz CT molecular complexity index is 6270. The van der Waals surface area contributed by atoms with E-state index < -0.39 is 35.6 Å². The standard InChI is InChI=1S/C35H32N5O4S.C26H20N4S.C21H19N3S.C9H12BrNO4.C6H7NO.BrH/c1-23-6-11-26(12-7-23)32-28(36-33(35-34(32)37-45-38-35)27-13-8-24(2)9-14-27)15-10-25-18-21-39(22-19-25)20-4-3-5-31(43)44-40-29(41)16-17-30(40)42;1-17-3-8-20(9-4-17)23-22(12-7-19-13-15-27-16-14-19)28-24(26-25(23)29-31-30-26)21-10-5-18(2)6-11-21;1-4-17-18(15-9-5-13(2)6-10-15)20-21(24-25-23-20)19(22-17)16-11-7-14(3)8-12-16;10-6-2-1-3-9(14)15-11-7(12)4-5-8(11)13;1-8-6-2-4-7-5-3-6;/h6-15,18-19,21-22H,3-5,16-17,20H2,1-2H3;3-16H,1-2H3;5-12H,4H2,1-3H3;1-6H2;2-5H,1H3;1H/q+1;;;;;/p-1/b15-10+;12-7+;;;;. The van der Waals surface area contributed by atoms with Crippen LogP contribution in [0.1, 0.15) is 133 Å². The number of hydrogen-bond acceptors (Lipinski definition) is 23. The summed E-state index contributed by atoms with van der Waals surface area (Å²) < 4.78 is 34.8. The van der Waals surface area contributed by atoms with Crippen LogP contribution >= 0.6 is 51.1 Å². The van der Waals surface area contributed by atoms with Crippen molar-refractivity contribution in [1.82, 2.24) is 61.3 Å². The van der Waals surface area contributed by atoms with E-state index in [0.717, 1.165) is 159 Å². The molecule has 2 fully saturated rings. The molecule has 23 nitrogen and oxygen atoms in total. The summed E-state index contributed by atoms with van der Waals surface area (Å²) in [5.41, 5.74) is 29.4. The Balaban J connectivity index is 0.000000155. The lowest BCUT2D eigenvalue weighted by Crippen LogP contribution is -3.00. The number of aryl methyl sites for hydroxylation is 8. The monoisotopic (exact) mass is 1850 g/mol. The van der Waals surface area contributed by atoms with Gasteiger partial charge in [-0.25, -0.2) is 29.1 Å². The number of halogens is 2. The number of methoxy groups -OCH3 is 1. The van der Waals surface area contributed by atoms with Gasteiger partial charge in [0.2, 0.25) is 0 Å². The van der Waals surface area contributed by atoms with Crippen molar-refractivity contribution in [2.24, 2.45) is 0 Å². The normalized spacial score (nSPS) is 12.3. The van der Waals surface area contributed by atoms with E-state index in [1.807, 2.05) is 48.8 Å². The van der Waals surface area contributed by atoms with Crippen LogP contribution in [0.4, 0.5) is 0 Å². The smallest absolute Gasteiger partial charge is 0.333 e. The first-order chi connectivity index (χ1) is 60.3. The van der Waals surface area contributed by atoms with Crippen LogP contribution < -0.4 is 26.3 Å². The second kappa shape index (κ2) is 44.5. The fourth-order valence-electron chi connectivity index (χ4n) is 13.4. The molecule has 0 N–H and O–H groups in total. The number of hydroxylamine groups is 4. The molecular formula is C97H90Br2N14O9S3. The molecule has 0 aliphatic carbocycles. The maximum Gasteiger partial charge on any atom is 0.333 e. The number of imide groups is 2. The predicted molar refractivity (Wildman–Crippen MR) is 491 cm³/mol. The minimum absolute atomic E-state index is 0. The van der Waals surface area contributed by atoms with E-state index in [-0.39, 0.29) is 55.5 Å². The second-order valence-electron chi connectivity index (χ2n) is 29.6. The molecule has 0 unspecified atom stereocenters. The Kier molecular flexibility index (Phi) is 32.5. The van der Waals surface area contributed by atoms with Gasteiger partial charge in [-0.2, -0.15) is 26.2 Å². The van der Waals surface area contributed by atoms with Crippen molar-refractivity contribution in [3.63, 3.8) is 0 Å². The zero-order valence-corrected chi connectivity index (χ0v) is 75.8. The number of rotatable bonds is 23. The molecule has 125 heavy (non-hydrogen) atoms. The number of carbonyl (C=O) groups excluding carboxylic acids is 6. The van der Waals surface area contributed by atoms with Gasteiger partial charge in [0.15, 0.2) is 12.4 Å². The van der Waals surface area contributed by atoms with Crippen molar-refractivity contribution in [1.29, 1.82) is 0 Å². The van der Waals surface area contributed by atoms with Gasteiger partial charge in [0.05, 0.1) is 76.5 Å². The van der Waals surface area contributed by atoms with Crippen LogP contribution in [0.3, 0.4) is 0 Å². The Labute approximate surface area is 756 Å². The van der Waals surface area contributed by atoms with Gasteiger partial charge >= 0.3 is 11.9 Å². The molecule has 0 bridgehead atoms.